The summed E-state index contributed by atoms with van der Waals surface area (Å²) in [6, 6.07) is 4.29. The minimum absolute atomic E-state index is 0.0288. The predicted molar refractivity (Wildman–Crippen MR) is 81.6 cm³/mol. The second-order valence-corrected chi connectivity index (χ2v) is 5.61. The summed E-state index contributed by atoms with van der Waals surface area (Å²) in [5.74, 6) is 0.880. The third kappa shape index (κ3) is 2.23. The summed E-state index contributed by atoms with van der Waals surface area (Å²) >= 11 is 0. The van der Waals surface area contributed by atoms with Crippen LogP contribution >= 0.6 is 0 Å². The Hall–Kier alpha value is -1.48. The van der Waals surface area contributed by atoms with Crippen LogP contribution < -0.4 is 15.4 Å². The van der Waals surface area contributed by atoms with Gasteiger partial charge >= 0.3 is 0 Å². The molecule has 3 heteroatoms. The van der Waals surface area contributed by atoms with Gasteiger partial charge in [0.1, 0.15) is 5.75 Å². The third-order valence-electron chi connectivity index (χ3n) is 3.92. The Morgan fingerprint density at radius 1 is 1.32 bits per heavy atom. The normalized spacial score (nSPS) is 16.9. The van der Waals surface area contributed by atoms with Gasteiger partial charge in [0.15, 0.2) is 0 Å². The molecule has 0 bridgehead atoms. The zero-order valence-corrected chi connectivity index (χ0v) is 12.6. The summed E-state index contributed by atoms with van der Waals surface area (Å²) in [6.07, 6.45) is 2.33. The highest BCUT2D eigenvalue weighted by Crippen LogP contribution is 2.41. The van der Waals surface area contributed by atoms with Crippen LogP contribution in [0.5, 0.6) is 5.75 Å². The van der Waals surface area contributed by atoms with E-state index in [1.165, 1.54) is 16.8 Å². The van der Waals surface area contributed by atoms with E-state index in [1.54, 1.807) is 7.11 Å². The van der Waals surface area contributed by atoms with E-state index >= 15 is 0 Å². The fraction of sp³-hybridized carbons (Fsp3) is 0.500. The highest BCUT2D eigenvalue weighted by atomic mass is 16.5. The first-order chi connectivity index (χ1) is 8.94. The fourth-order valence-corrected chi connectivity index (χ4v) is 3.08. The summed E-state index contributed by atoms with van der Waals surface area (Å²) < 4.78 is 5.47. The van der Waals surface area contributed by atoms with Crippen LogP contribution in [0.15, 0.2) is 18.2 Å². The summed E-state index contributed by atoms with van der Waals surface area (Å²) in [5.41, 5.74) is 10.7. The van der Waals surface area contributed by atoms with Crippen LogP contribution in [0.1, 0.15) is 38.8 Å². The third-order valence-corrected chi connectivity index (χ3v) is 3.92. The number of likely N-dealkylation sites (N-methyl/N-ethyl adjacent to an activating group) is 1. The maximum absolute atomic E-state index is 5.81. The molecule has 1 heterocycles. The number of rotatable bonds is 3. The van der Waals surface area contributed by atoms with E-state index in [0.29, 0.717) is 6.54 Å². The van der Waals surface area contributed by atoms with Gasteiger partial charge in [-0.05, 0) is 39.3 Å². The molecule has 0 spiro atoms. The second kappa shape index (κ2) is 4.89. The first-order valence-corrected chi connectivity index (χ1v) is 6.83. The minimum Gasteiger partial charge on any atom is -0.496 e. The van der Waals surface area contributed by atoms with Crippen LogP contribution in [0.3, 0.4) is 0 Å². The molecule has 0 unspecified atom stereocenters. The van der Waals surface area contributed by atoms with E-state index in [4.69, 9.17) is 10.5 Å². The van der Waals surface area contributed by atoms with Gasteiger partial charge in [0.2, 0.25) is 0 Å². The van der Waals surface area contributed by atoms with Crippen molar-refractivity contribution >= 4 is 11.3 Å². The molecule has 3 nitrogen and oxygen atoms in total. The number of anilines is 1. The molecule has 1 aliphatic rings. The molecule has 1 aromatic carbocycles. The van der Waals surface area contributed by atoms with Crippen LogP contribution in [-0.2, 0) is 6.54 Å². The molecule has 0 saturated heterocycles. The summed E-state index contributed by atoms with van der Waals surface area (Å²) in [6.45, 7) is 10.3. The molecule has 0 atom stereocenters. The van der Waals surface area contributed by atoms with E-state index < -0.39 is 0 Å². The fourth-order valence-electron chi connectivity index (χ4n) is 3.08. The molecular formula is C16H24N2O. The zero-order chi connectivity index (χ0) is 14.2. The Kier molecular flexibility index (Phi) is 3.59. The Morgan fingerprint density at radius 3 is 2.53 bits per heavy atom. The van der Waals surface area contributed by atoms with Gasteiger partial charge in [-0.3, -0.25) is 0 Å². The molecular weight excluding hydrogens is 236 g/mol. The van der Waals surface area contributed by atoms with Gasteiger partial charge in [-0.25, -0.2) is 0 Å². The lowest BCUT2D eigenvalue weighted by Gasteiger charge is -2.43. The highest BCUT2D eigenvalue weighted by molar-refractivity contribution is 5.82. The molecule has 1 aliphatic heterocycles. The lowest BCUT2D eigenvalue weighted by Crippen LogP contribution is -2.44. The number of allylic oxidation sites excluding steroid dienone is 1. The lowest BCUT2D eigenvalue weighted by atomic mass is 9.88. The molecule has 0 aliphatic carbocycles. The molecule has 0 aromatic heterocycles. The molecule has 104 valence electrons. The monoisotopic (exact) mass is 260 g/mol. The molecule has 0 amide bonds. The smallest absolute Gasteiger partial charge is 0.125 e. The zero-order valence-electron chi connectivity index (χ0n) is 12.6. The number of nitrogens with two attached hydrogens (primary N) is 1. The molecule has 0 fully saturated rings. The number of fused-ring (bicyclic) bond motifs is 1. The molecule has 1 aromatic rings. The Morgan fingerprint density at radius 2 is 2.00 bits per heavy atom. The minimum atomic E-state index is 0.0288. The van der Waals surface area contributed by atoms with Crippen LogP contribution in [0.25, 0.3) is 5.57 Å². The van der Waals surface area contributed by atoms with Crippen LogP contribution in [0.4, 0.5) is 5.69 Å². The Labute approximate surface area is 116 Å². The SMILES string of the molecule is CCN1c2cc(OC)c(CN)cc2C(C)=CC1(C)C. The van der Waals surface area contributed by atoms with Crippen molar-refractivity contribution in [1.29, 1.82) is 0 Å². The molecule has 2 rings (SSSR count). The van der Waals surface area contributed by atoms with E-state index in [-0.39, 0.29) is 5.54 Å². The van der Waals surface area contributed by atoms with Crippen LogP contribution in [0, 0.1) is 0 Å². The van der Waals surface area contributed by atoms with Crippen molar-refractivity contribution in [3.8, 4) is 5.75 Å². The lowest BCUT2D eigenvalue weighted by molar-refractivity contribution is 0.409. The van der Waals surface area contributed by atoms with Crippen molar-refractivity contribution in [2.75, 3.05) is 18.6 Å². The van der Waals surface area contributed by atoms with Crippen molar-refractivity contribution in [3.05, 3.63) is 29.3 Å². The standard InChI is InChI=1S/C16H24N2O/c1-6-18-14-8-15(19-5)12(10-17)7-13(14)11(2)9-16(18,3)4/h7-9H,6,10,17H2,1-5H3. The number of hydrogen-bond donors (Lipinski definition) is 1. The topological polar surface area (TPSA) is 38.5 Å². The number of nitrogens with zero attached hydrogens (tertiary/aromatic N) is 1. The van der Waals surface area contributed by atoms with Crippen molar-refractivity contribution in [1.82, 2.24) is 0 Å². The van der Waals surface area contributed by atoms with Gasteiger partial charge in [-0.1, -0.05) is 6.08 Å². The van der Waals surface area contributed by atoms with Gasteiger partial charge < -0.3 is 15.4 Å². The van der Waals surface area contributed by atoms with Crippen LogP contribution in [0.2, 0.25) is 0 Å². The van der Waals surface area contributed by atoms with Gasteiger partial charge in [-0.15, -0.1) is 0 Å². The average Bonchev–Trinajstić information content (AvgIpc) is 2.36. The van der Waals surface area contributed by atoms with Crippen molar-refractivity contribution in [2.24, 2.45) is 5.73 Å². The Balaban J connectivity index is 2.67. The summed E-state index contributed by atoms with van der Waals surface area (Å²) in [5, 5.41) is 0. The molecule has 0 saturated carbocycles. The van der Waals surface area contributed by atoms with E-state index in [1.807, 2.05) is 0 Å². The number of methoxy groups -OCH3 is 1. The predicted octanol–water partition coefficient (Wildman–Crippen LogP) is 3.18. The van der Waals surface area contributed by atoms with Gasteiger partial charge in [-0.2, -0.15) is 0 Å². The average molecular weight is 260 g/mol. The molecule has 19 heavy (non-hydrogen) atoms. The van der Waals surface area contributed by atoms with E-state index in [2.05, 4.69) is 50.8 Å². The highest BCUT2D eigenvalue weighted by Gasteiger charge is 2.30. The van der Waals surface area contributed by atoms with Crippen LogP contribution in [-0.4, -0.2) is 19.2 Å². The van der Waals surface area contributed by atoms with E-state index in [9.17, 15) is 0 Å². The molecule has 2 N–H and O–H groups in total. The largest absolute Gasteiger partial charge is 0.496 e. The first-order valence-electron chi connectivity index (χ1n) is 6.83. The van der Waals surface area contributed by atoms with Gasteiger partial charge in [0.05, 0.1) is 12.6 Å². The quantitative estimate of drug-likeness (QED) is 0.907. The number of hydrogen-bond acceptors (Lipinski definition) is 3. The van der Waals surface area contributed by atoms with Crippen molar-refractivity contribution in [2.45, 2.75) is 39.8 Å². The van der Waals surface area contributed by atoms with Gasteiger partial charge in [0.25, 0.3) is 0 Å². The maximum Gasteiger partial charge on any atom is 0.125 e. The first kappa shape index (κ1) is 13.9. The summed E-state index contributed by atoms with van der Waals surface area (Å²) in [7, 11) is 1.70. The molecule has 0 radical (unpaired) electrons. The second-order valence-electron chi connectivity index (χ2n) is 5.61. The van der Waals surface area contributed by atoms with Gasteiger partial charge in [0, 0.05) is 36.0 Å². The maximum atomic E-state index is 5.81. The Bertz CT molecular complexity index is 518. The van der Waals surface area contributed by atoms with Crippen molar-refractivity contribution in [3.63, 3.8) is 0 Å². The summed E-state index contributed by atoms with van der Waals surface area (Å²) in [4.78, 5) is 2.40. The van der Waals surface area contributed by atoms with Crippen molar-refractivity contribution < 1.29 is 4.74 Å². The number of ether oxygens (including phenoxy) is 1. The number of benzene rings is 1. The van der Waals surface area contributed by atoms with E-state index in [0.717, 1.165) is 17.9 Å².